The summed E-state index contributed by atoms with van der Waals surface area (Å²) in [5.74, 6) is 0.340. The Balaban J connectivity index is 2.31. The maximum atomic E-state index is 11.7. The topological polar surface area (TPSA) is 29.5 Å². The number of rotatable bonds is 2. The van der Waals surface area contributed by atoms with Gasteiger partial charge in [0.05, 0.1) is 18.1 Å². The van der Waals surface area contributed by atoms with Crippen LogP contribution in [0.15, 0.2) is 18.2 Å². The Hall–Kier alpha value is -1.22. The Bertz CT molecular complexity index is 419. The van der Waals surface area contributed by atoms with E-state index in [-0.39, 0.29) is 12.2 Å². The molecule has 0 spiro atoms. The van der Waals surface area contributed by atoms with Crippen LogP contribution in [0.2, 0.25) is 0 Å². The lowest BCUT2D eigenvalue weighted by atomic mass is 10.1. The number of carbonyl (C=O) groups is 1. The number of ether oxygens (including phenoxy) is 1. The summed E-state index contributed by atoms with van der Waals surface area (Å²) < 4.78 is 5.13. The second kappa shape index (κ2) is 4.34. The molecule has 1 heterocycles. The molecule has 0 bridgehead atoms. The first-order valence-electron chi connectivity index (χ1n) is 5.24. The molecule has 1 aliphatic heterocycles. The summed E-state index contributed by atoms with van der Waals surface area (Å²) in [6.07, 6.45) is -0.506. The molecular formula is C12H14ClNO2. The van der Waals surface area contributed by atoms with E-state index in [9.17, 15) is 4.79 Å². The molecule has 1 aromatic rings. The first-order valence-corrected chi connectivity index (χ1v) is 5.77. The van der Waals surface area contributed by atoms with Gasteiger partial charge in [0, 0.05) is 0 Å². The van der Waals surface area contributed by atoms with Crippen molar-refractivity contribution in [3.8, 4) is 0 Å². The molecule has 86 valence electrons. The SMILES string of the molecule is Cc1cccc(N2CC(CCl)OC2=O)c1C. The van der Waals surface area contributed by atoms with Gasteiger partial charge in [-0.15, -0.1) is 11.6 Å². The van der Waals surface area contributed by atoms with E-state index in [2.05, 4.69) is 0 Å². The van der Waals surface area contributed by atoms with Crippen molar-refractivity contribution in [1.29, 1.82) is 0 Å². The minimum Gasteiger partial charge on any atom is -0.443 e. The lowest BCUT2D eigenvalue weighted by Gasteiger charge is -2.16. The van der Waals surface area contributed by atoms with Gasteiger partial charge in [0.25, 0.3) is 0 Å². The number of hydrogen-bond donors (Lipinski definition) is 0. The second-order valence-corrected chi connectivity index (χ2v) is 4.30. The van der Waals surface area contributed by atoms with Gasteiger partial charge in [0.15, 0.2) is 0 Å². The zero-order valence-electron chi connectivity index (χ0n) is 9.37. The van der Waals surface area contributed by atoms with Crippen molar-refractivity contribution in [2.45, 2.75) is 20.0 Å². The summed E-state index contributed by atoms with van der Waals surface area (Å²) in [4.78, 5) is 13.3. The lowest BCUT2D eigenvalue weighted by Crippen LogP contribution is -2.25. The smallest absolute Gasteiger partial charge is 0.414 e. The van der Waals surface area contributed by atoms with Gasteiger partial charge in [-0.05, 0) is 31.0 Å². The number of halogens is 1. The number of cyclic esters (lactones) is 1. The van der Waals surface area contributed by atoms with Crippen LogP contribution in [0.4, 0.5) is 10.5 Å². The standard InChI is InChI=1S/C12H14ClNO2/c1-8-4-3-5-11(9(8)2)14-7-10(6-13)16-12(14)15/h3-5,10H,6-7H2,1-2H3. The number of anilines is 1. The van der Waals surface area contributed by atoms with E-state index in [4.69, 9.17) is 16.3 Å². The third-order valence-electron chi connectivity index (χ3n) is 2.91. The molecule has 1 aromatic carbocycles. The highest BCUT2D eigenvalue weighted by Crippen LogP contribution is 2.27. The number of aryl methyl sites for hydroxylation is 1. The van der Waals surface area contributed by atoms with Gasteiger partial charge in [-0.3, -0.25) is 4.90 Å². The molecule has 1 aliphatic rings. The third kappa shape index (κ3) is 1.87. The molecule has 0 aliphatic carbocycles. The average Bonchev–Trinajstić information content (AvgIpc) is 2.64. The largest absolute Gasteiger partial charge is 0.443 e. The van der Waals surface area contributed by atoms with E-state index in [1.165, 1.54) is 5.56 Å². The summed E-state index contributed by atoms with van der Waals surface area (Å²) in [6, 6.07) is 5.90. The van der Waals surface area contributed by atoms with Crippen LogP contribution < -0.4 is 4.90 Å². The summed E-state index contributed by atoms with van der Waals surface area (Å²) in [5.41, 5.74) is 3.19. The molecule has 2 rings (SSSR count). The monoisotopic (exact) mass is 239 g/mol. The van der Waals surface area contributed by atoms with Crippen LogP contribution in [0.1, 0.15) is 11.1 Å². The molecule has 1 atom stereocenters. The van der Waals surface area contributed by atoms with Crippen LogP contribution in [-0.4, -0.2) is 24.6 Å². The number of amides is 1. The first kappa shape index (κ1) is 11.3. The second-order valence-electron chi connectivity index (χ2n) is 3.99. The maximum Gasteiger partial charge on any atom is 0.414 e. The fourth-order valence-electron chi connectivity index (χ4n) is 1.83. The first-order chi connectivity index (χ1) is 7.63. The van der Waals surface area contributed by atoms with Crippen molar-refractivity contribution in [1.82, 2.24) is 0 Å². The van der Waals surface area contributed by atoms with Crippen LogP contribution in [0.5, 0.6) is 0 Å². The Morgan fingerprint density at radius 3 is 2.88 bits per heavy atom. The summed E-state index contributed by atoms with van der Waals surface area (Å²) in [5, 5.41) is 0. The molecule has 1 amide bonds. The van der Waals surface area contributed by atoms with Gasteiger partial charge in [-0.1, -0.05) is 12.1 Å². The summed E-state index contributed by atoms with van der Waals surface area (Å²) >= 11 is 5.69. The highest BCUT2D eigenvalue weighted by atomic mass is 35.5. The number of nitrogens with zero attached hydrogens (tertiary/aromatic N) is 1. The highest BCUT2D eigenvalue weighted by Gasteiger charge is 2.32. The van der Waals surface area contributed by atoms with Crippen LogP contribution in [-0.2, 0) is 4.74 Å². The van der Waals surface area contributed by atoms with Crippen molar-refractivity contribution >= 4 is 23.4 Å². The fraction of sp³-hybridized carbons (Fsp3) is 0.417. The molecule has 1 fully saturated rings. The van der Waals surface area contributed by atoms with Crippen molar-refractivity contribution in [2.24, 2.45) is 0 Å². The predicted octanol–water partition coefficient (Wildman–Crippen LogP) is 2.87. The van der Waals surface area contributed by atoms with E-state index in [0.29, 0.717) is 12.4 Å². The number of benzene rings is 1. The molecule has 1 unspecified atom stereocenters. The van der Waals surface area contributed by atoms with Crippen molar-refractivity contribution in [3.05, 3.63) is 29.3 Å². The molecule has 3 nitrogen and oxygen atoms in total. The van der Waals surface area contributed by atoms with E-state index >= 15 is 0 Å². The van der Waals surface area contributed by atoms with E-state index in [0.717, 1.165) is 11.3 Å². The average molecular weight is 240 g/mol. The van der Waals surface area contributed by atoms with Crippen molar-refractivity contribution in [2.75, 3.05) is 17.3 Å². The van der Waals surface area contributed by atoms with E-state index in [1.807, 2.05) is 32.0 Å². The Kier molecular flexibility index (Phi) is 3.06. The molecule has 16 heavy (non-hydrogen) atoms. The Morgan fingerprint density at radius 1 is 1.50 bits per heavy atom. The molecular weight excluding hydrogens is 226 g/mol. The third-order valence-corrected chi connectivity index (χ3v) is 3.26. The zero-order valence-corrected chi connectivity index (χ0v) is 10.1. The molecule has 0 N–H and O–H groups in total. The summed E-state index contributed by atoms with van der Waals surface area (Å²) in [7, 11) is 0. The summed E-state index contributed by atoms with van der Waals surface area (Å²) in [6.45, 7) is 4.57. The zero-order chi connectivity index (χ0) is 11.7. The lowest BCUT2D eigenvalue weighted by molar-refractivity contribution is 0.151. The van der Waals surface area contributed by atoms with Gasteiger partial charge in [0.2, 0.25) is 0 Å². The molecule has 0 saturated carbocycles. The predicted molar refractivity (Wildman–Crippen MR) is 64.3 cm³/mol. The van der Waals surface area contributed by atoms with E-state index < -0.39 is 0 Å². The van der Waals surface area contributed by atoms with Gasteiger partial charge in [-0.2, -0.15) is 0 Å². The van der Waals surface area contributed by atoms with E-state index in [1.54, 1.807) is 4.90 Å². The quantitative estimate of drug-likeness (QED) is 0.743. The van der Waals surface area contributed by atoms with Crippen molar-refractivity contribution < 1.29 is 9.53 Å². The highest BCUT2D eigenvalue weighted by molar-refractivity contribution is 6.18. The Morgan fingerprint density at radius 2 is 2.25 bits per heavy atom. The van der Waals surface area contributed by atoms with Gasteiger partial charge in [-0.25, -0.2) is 4.79 Å². The van der Waals surface area contributed by atoms with Crippen molar-refractivity contribution in [3.63, 3.8) is 0 Å². The number of carbonyl (C=O) groups excluding carboxylic acids is 1. The minimum atomic E-state index is -0.306. The maximum absolute atomic E-state index is 11.7. The van der Waals surface area contributed by atoms with Crippen LogP contribution in [0.25, 0.3) is 0 Å². The van der Waals surface area contributed by atoms with Crippen LogP contribution >= 0.6 is 11.6 Å². The van der Waals surface area contributed by atoms with Gasteiger partial charge in [0.1, 0.15) is 6.10 Å². The number of hydrogen-bond acceptors (Lipinski definition) is 2. The van der Waals surface area contributed by atoms with Crippen LogP contribution in [0.3, 0.4) is 0 Å². The Labute approximate surface area is 100.0 Å². The minimum absolute atomic E-state index is 0.200. The molecule has 1 saturated heterocycles. The molecule has 0 aromatic heterocycles. The fourth-order valence-corrected chi connectivity index (χ4v) is 1.99. The molecule has 0 radical (unpaired) electrons. The van der Waals surface area contributed by atoms with Crippen LogP contribution in [0, 0.1) is 13.8 Å². The number of alkyl halides is 1. The normalized spacial score (nSPS) is 20.1. The van der Waals surface area contributed by atoms with Gasteiger partial charge < -0.3 is 4.74 Å². The molecule has 4 heteroatoms. The van der Waals surface area contributed by atoms with Gasteiger partial charge >= 0.3 is 6.09 Å².